The monoisotopic (exact) mass is 305 g/mol. The summed E-state index contributed by atoms with van der Waals surface area (Å²) in [5, 5.41) is 10.9. The molecule has 2 aromatic rings. The van der Waals surface area contributed by atoms with Gasteiger partial charge in [-0.3, -0.25) is 4.90 Å². The molecule has 0 radical (unpaired) electrons. The minimum Gasteiger partial charge on any atom is -0.497 e. The molecule has 0 bridgehead atoms. The number of nitrogens with zero attached hydrogens (tertiary/aromatic N) is 1. The molecule has 0 saturated carbocycles. The van der Waals surface area contributed by atoms with Crippen LogP contribution in [0.5, 0.6) is 5.75 Å². The Morgan fingerprint density at radius 3 is 2.29 bits per heavy atom. The van der Waals surface area contributed by atoms with Crippen LogP contribution in [0.2, 0.25) is 5.02 Å². The lowest BCUT2D eigenvalue weighted by atomic mass is 10.1. The number of rotatable bonds is 6. The van der Waals surface area contributed by atoms with E-state index in [2.05, 4.69) is 4.90 Å². The van der Waals surface area contributed by atoms with Crippen molar-refractivity contribution < 1.29 is 9.84 Å². The lowest BCUT2D eigenvalue weighted by molar-refractivity contribution is 0.124. The van der Waals surface area contributed by atoms with Crippen molar-refractivity contribution in [3.05, 3.63) is 64.7 Å². The van der Waals surface area contributed by atoms with Crippen molar-refractivity contribution in [1.82, 2.24) is 4.90 Å². The van der Waals surface area contributed by atoms with Gasteiger partial charge in [-0.1, -0.05) is 35.9 Å². The minimum atomic E-state index is -0.523. The van der Waals surface area contributed by atoms with Crippen LogP contribution >= 0.6 is 11.6 Å². The summed E-state index contributed by atoms with van der Waals surface area (Å²) < 4.78 is 5.14. The molecule has 0 aliphatic heterocycles. The smallest absolute Gasteiger partial charge is 0.118 e. The number of hydrogen-bond acceptors (Lipinski definition) is 3. The molecule has 1 atom stereocenters. The Balaban J connectivity index is 1.91. The highest BCUT2D eigenvalue weighted by Gasteiger charge is 2.11. The first-order chi connectivity index (χ1) is 10.1. The maximum absolute atomic E-state index is 10.2. The van der Waals surface area contributed by atoms with E-state index in [0.717, 1.165) is 17.9 Å². The zero-order valence-corrected chi connectivity index (χ0v) is 13.0. The summed E-state index contributed by atoms with van der Waals surface area (Å²) in [6, 6.07) is 15.3. The molecule has 2 aromatic carbocycles. The van der Waals surface area contributed by atoms with E-state index in [1.54, 1.807) is 19.2 Å². The molecule has 0 spiro atoms. The van der Waals surface area contributed by atoms with Crippen LogP contribution in [0.1, 0.15) is 17.2 Å². The van der Waals surface area contributed by atoms with Gasteiger partial charge in [0.2, 0.25) is 0 Å². The number of halogens is 1. The number of ether oxygens (including phenoxy) is 1. The van der Waals surface area contributed by atoms with Gasteiger partial charge in [-0.05, 0) is 42.4 Å². The first-order valence-corrected chi connectivity index (χ1v) is 7.21. The number of methoxy groups -OCH3 is 1. The molecule has 0 aromatic heterocycles. The lowest BCUT2D eigenvalue weighted by Crippen LogP contribution is -2.24. The van der Waals surface area contributed by atoms with E-state index < -0.39 is 6.10 Å². The van der Waals surface area contributed by atoms with Gasteiger partial charge in [-0.2, -0.15) is 0 Å². The van der Waals surface area contributed by atoms with Crippen LogP contribution in [0.4, 0.5) is 0 Å². The largest absolute Gasteiger partial charge is 0.497 e. The maximum atomic E-state index is 10.2. The molecule has 0 heterocycles. The van der Waals surface area contributed by atoms with Crippen LogP contribution in [0.15, 0.2) is 48.5 Å². The van der Waals surface area contributed by atoms with E-state index in [9.17, 15) is 5.11 Å². The molecule has 4 heteroatoms. The van der Waals surface area contributed by atoms with Crippen LogP contribution in [-0.4, -0.2) is 30.7 Å². The maximum Gasteiger partial charge on any atom is 0.118 e. The topological polar surface area (TPSA) is 32.7 Å². The zero-order chi connectivity index (χ0) is 15.2. The number of benzene rings is 2. The number of aliphatic hydroxyl groups excluding tert-OH is 1. The van der Waals surface area contributed by atoms with Gasteiger partial charge in [-0.25, -0.2) is 0 Å². The fourth-order valence-electron chi connectivity index (χ4n) is 2.19. The van der Waals surface area contributed by atoms with E-state index >= 15 is 0 Å². The van der Waals surface area contributed by atoms with E-state index in [0.29, 0.717) is 11.6 Å². The van der Waals surface area contributed by atoms with Crippen LogP contribution in [0, 0.1) is 0 Å². The van der Waals surface area contributed by atoms with Crippen molar-refractivity contribution in [2.75, 3.05) is 20.7 Å². The average molecular weight is 306 g/mol. The quantitative estimate of drug-likeness (QED) is 0.886. The van der Waals surface area contributed by atoms with Gasteiger partial charge in [0.15, 0.2) is 0 Å². The summed E-state index contributed by atoms with van der Waals surface area (Å²) in [5.74, 6) is 0.850. The highest BCUT2D eigenvalue weighted by molar-refractivity contribution is 6.30. The van der Waals surface area contributed by atoms with Gasteiger partial charge in [-0.15, -0.1) is 0 Å². The first kappa shape index (κ1) is 15.8. The van der Waals surface area contributed by atoms with Gasteiger partial charge in [0, 0.05) is 18.1 Å². The molecule has 2 rings (SSSR count). The SMILES string of the molecule is COc1ccc(CN(C)C[C@@H](O)c2ccc(Cl)cc2)cc1. The number of likely N-dealkylation sites (N-methyl/N-ethyl adjacent to an activating group) is 1. The van der Waals surface area contributed by atoms with Crippen molar-refractivity contribution >= 4 is 11.6 Å². The zero-order valence-electron chi connectivity index (χ0n) is 12.3. The van der Waals surface area contributed by atoms with Gasteiger partial charge < -0.3 is 9.84 Å². The fraction of sp³-hybridized carbons (Fsp3) is 0.294. The van der Waals surface area contributed by atoms with Crippen molar-refractivity contribution in [3.8, 4) is 5.75 Å². The Morgan fingerprint density at radius 1 is 1.10 bits per heavy atom. The molecular weight excluding hydrogens is 286 g/mol. The van der Waals surface area contributed by atoms with Crippen LogP contribution in [0.3, 0.4) is 0 Å². The average Bonchev–Trinajstić information content (AvgIpc) is 2.48. The normalized spacial score (nSPS) is 12.4. The summed E-state index contributed by atoms with van der Waals surface area (Å²) in [6.07, 6.45) is -0.523. The van der Waals surface area contributed by atoms with Gasteiger partial charge in [0.1, 0.15) is 5.75 Å². The van der Waals surface area contributed by atoms with Crippen LogP contribution in [-0.2, 0) is 6.54 Å². The fourth-order valence-corrected chi connectivity index (χ4v) is 2.32. The third kappa shape index (κ3) is 4.74. The first-order valence-electron chi connectivity index (χ1n) is 6.83. The Hall–Kier alpha value is -1.55. The standard InChI is InChI=1S/C17H20ClNO2/c1-19(11-13-3-9-16(21-2)10-4-13)12-17(20)14-5-7-15(18)8-6-14/h3-10,17,20H,11-12H2,1-2H3/t17-/m1/s1. The molecule has 1 N–H and O–H groups in total. The molecule has 3 nitrogen and oxygen atoms in total. The van der Waals surface area contributed by atoms with Crippen molar-refractivity contribution in [3.63, 3.8) is 0 Å². The molecule has 0 aliphatic rings. The predicted octanol–water partition coefficient (Wildman–Crippen LogP) is 3.51. The van der Waals surface area contributed by atoms with Crippen molar-refractivity contribution in [2.24, 2.45) is 0 Å². The summed E-state index contributed by atoms with van der Waals surface area (Å²) in [6.45, 7) is 1.34. The van der Waals surface area contributed by atoms with E-state index in [1.165, 1.54) is 5.56 Å². The molecule has 0 aliphatic carbocycles. The lowest BCUT2D eigenvalue weighted by Gasteiger charge is -2.21. The molecule has 21 heavy (non-hydrogen) atoms. The highest BCUT2D eigenvalue weighted by Crippen LogP contribution is 2.18. The highest BCUT2D eigenvalue weighted by atomic mass is 35.5. The summed E-state index contributed by atoms with van der Waals surface area (Å²) in [4.78, 5) is 2.08. The van der Waals surface area contributed by atoms with Gasteiger partial charge in [0.25, 0.3) is 0 Å². The summed E-state index contributed by atoms with van der Waals surface area (Å²) >= 11 is 5.85. The third-order valence-corrected chi connectivity index (χ3v) is 3.60. The van der Waals surface area contributed by atoms with E-state index in [-0.39, 0.29) is 0 Å². The van der Waals surface area contributed by atoms with E-state index in [4.69, 9.17) is 16.3 Å². The number of hydrogen-bond donors (Lipinski definition) is 1. The molecule has 0 unspecified atom stereocenters. The molecule has 0 fully saturated rings. The molecule has 112 valence electrons. The molecule has 0 amide bonds. The summed E-state index contributed by atoms with van der Waals surface area (Å²) in [7, 11) is 3.65. The second kappa shape index (κ2) is 7.46. The Morgan fingerprint density at radius 2 is 1.71 bits per heavy atom. The minimum absolute atomic E-state index is 0.523. The molecular formula is C17H20ClNO2. The molecule has 0 saturated heterocycles. The van der Waals surface area contributed by atoms with Crippen molar-refractivity contribution in [2.45, 2.75) is 12.6 Å². The Bertz CT molecular complexity index is 554. The Labute approximate surface area is 130 Å². The van der Waals surface area contributed by atoms with Gasteiger partial charge in [0.05, 0.1) is 13.2 Å². The second-order valence-electron chi connectivity index (χ2n) is 5.11. The summed E-state index contributed by atoms with van der Waals surface area (Å²) in [5.41, 5.74) is 2.06. The Kier molecular flexibility index (Phi) is 5.62. The second-order valence-corrected chi connectivity index (χ2v) is 5.55. The van der Waals surface area contributed by atoms with Crippen LogP contribution < -0.4 is 4.74 Å². The third-order valence-electron chi connectivity index (χ3n) is 3.35. The number of aliphatic hydroxyl groups is 1. The van der Waals surface area contributed by atoms with E-state index in [1.807, 2.05) is 43.4 Å². The predicted molar refractivity (Wildman–Crippen MR) is 85.7 cm³/mol. The van der Waals surface area contributed by atoms with Crippen molar-refractivity contribution in [1.29, 1.82) is 0 Å². The van der Waals surface area contributed by atoms with Crippen LogP contribution in [0.25, 0.3) is 0 Å². The van der Waals surface area contributed by atoms with Gasteiger partial charge >= 0.3 is 0 Å².